The molecule has 1 aliphatic heterocycles. The van der Waals surface area contributed by atoms with Gasteiger partial charge in [-0.05, 0) is 95.0 Å². The molecule has 0 N–H and O–H groups in total. The van der Waals surface area contributed by atoms with Crippen LogP contribution in [-0.4, -0.2) is 5.71 Å². The summed E-state index contributed by atoms with van der Waals surface area (Å²) in [5.41, 5.74) is 18.5. The van der Waals surface area contributed by atoms with Gasteiger partial charge in [0.2, 0.25) is 0 Å². The molecule has 0 spiro atoms. The first-order chi connectivity index (χ1) is 17.1. The normalized spacial score (nSPS) is 15.5. The molecular weight excluding hydrogens is 422 g/mol. The lowest BCUT2D eigenvalue weighted by molar-refractivity contribution is 0.823. The topological polar surface area (TPSA) is 12.4 Å². The largest absolute Gasteiger partial charge is 0.247 e. The predicted octanol–water partition coefficient (Wildman–Crippen LogP) is 8.84. The van der Waals surface area contributed by atoms with Crippen LogP contribution in [0.3, 0.4) is 0 Å². The Labute approximate surface area is 207 Å². The highest BCUT2D eigenvalue weighted by Gasteiger charge is 2.34. The van der Waals surface area contributed by atoms with Crippen molar-refractivity contribution in [1.29, 1.82) is 0 Å². The molecule has 7 rings (SSSR count). The molecule has 0 saturated carbocycles. The molecule has 2 aliphatic carbocycles. The number of aliphatic imine (C=N–C) groups is 1. The lowest BCUT2D eigenvalue weighted by Crippen LogP contribution is -2.06. The summed E-state index contributed by atoms with van der Waals surface area (Å²) >= 11 is 0. The second-order valence-corrected chi connectivity index (χ2v) is 10.1. The van der Waals surface area contributed by atoms with E-state index in [-0.39, 0.29) is 0 Å². The molecule has 35 heavy (non-hydrogen) atoms. The van der Waals surface area contributed by atoms with Gasteiger partial charge in [-0.2, -0.15) is 0 Å². The SMILES string of the molecule is CC1=C(C)C2=Nc3cc(C)c(CC4c5ccccc5-c5ccccc54)c(-c4ccccc4)c3C2=C1. The van der Waals surface area contributed by atoms with Gasteiger partial charge in [0.05, 0.1) is 11.4 Å². The number of nitrogens with zero attached hydrogens (tertiary/aromatic N) is 1. The van der Waals surface area contributed by atoms with E-state index in [4.69, 9.17) is 4.99 Å². The molecule has 168 valence electrons. The highest BCUT2D eigenvalue weighted by molar-refractivity contribution is 6.39. The van der Waals surface area contributed by atoms with Crippen LogP contribution in [0.5, 0.6) is 0 Å². The minimum atomic E-state index is 0.350. The highest BCUT2D eigenvalue weighted by atomic mass is 14.8. The second-order valence-electron chi connectivity index (χ2n) is 10.1. The number of benzene rings is 4. The fourth-order valence-electron chi connectivity index (χ4n) is 6.31. The molecule has 0 atom stereocenters. The summed E-state index contributed by atoms with van der Waals surface area (Å²) in [5.74, 6) is 0.350. The Kier molecular flexibility index (Phi) is 4.38. The molecule has 3 aliphatic rings. The molecule has 0 bridgehead atoms. The van der Waals surface area contributed by atoms with Crippen molar-refractivity contribution in [2.45, 2.75) is 33.1 Å². The Morgan fingerprint density at radius 3 is 2.03 bits per heavy atom. The van der Waals surface area contributed by atoms with E-state index >= 15 is 0 Å². The lowest BCUT2D eigenvalue weighted by atomic mass is 9.81. The Balaban J connectivity index is 1.46. The molecular formula is C34H27N. The van der Waals surface area contributed by atoms with E-state index in [1.165, 1.54) is 66.8 Å². The van der Waals surface area contributed by atoms with Gasteiger partial charge >= 0.3 is 0 Å². The van der Waals surface area contributed by atoms with Gasteiger partial charge in [0.15, 0.2) is 0 Å². The lowest BCUT2D eigenvalue weighted by Gasteiger charge is -2.22. The van der Waals surface area contributed by atoms with Crippen molar-refractivity contribution < 1.29 is 0 Å². The van der Waals surface area contributed by atoms with Crippen molar-refractivity contribution in [2.24, 2.45) is 4.99 Å². The van der Waals surface area contributed by atoms with Crippen LogP contribution in [0.1, 0.15) is 47.6 Å². The van der Waals surface area contributed by atoms with Crippen LogP contribution in [0.15, 0.2) is 107 Å². The van der Waals surface area contributed by atoms with Gasteiger partial charge in [0.1, 0.15) is 0 Å². The van der Waals surface area contributed by atoms with E-state index < -0.39 is 0 Å². The summed E-state index contributed by atoms with van der Waals surface area (Å²) in [4.78, 5) is 5.13. The fraction of sp³-hybridized carbons (Fsp3) is 0.147. The summed E-state index contributed by atoms with van der Waals surface area (Å²) < 4.78 is 0. The number of rotatable bonds is 3. The molecule has 1 heterocycles. The van der Waals surface area contributed by atoms with E-state index in [0.29, 0.717) is 5.92 Å². The zero-order chi connectivity index (χ0) is 23.7. The summed E-state index contributed by atoms with van der Waals surface area (Å²) in [6, 6.07) is 31.2. The van der Waals surface area contributed by atoms with Crippen molar-refractivity contribution in [1.82, 2.24) is 0 Å². The summed E-state index contributed by atoms with van der Waals surface area (Å²) in [7, 11) is 0. The summed E-state index contributed by atoms with van der Waals surface area (Å²) in [6.07, 6.45) is 3.32. The Morgan fingerprint density at radius 1 is 0.714 bits per heavy atom. The average molecular weight is 450 g/mol. The van der Waals surface area contributed by atoms with Crippen LogP contribution in [0, 0.1) is 6.92 Å². The van der Waals surface area contributed by atoms with Crippen LogP contribution >= 0.6 is 0 Å². The van der Waals surface area contributed by atoms with Gasteiger partial charge in [-0.3, -0.25) is 0 Å². The zero-order valence-electron chi connectivity index (χ0n) is 20.4. The van der Waals surface area contributed by atoms with Crippen LogP contribution < -0.4 is 0 Å². The van der Waals surface area contributed by atoms with E-state index in [1.807, 2.05) is 0 Å². The minimum absolute atomic E-state index is 0.350. The van der Waals surface area contributed by atoms with Gasteiger partial charge in [-0.15, -0.1) is 0 Å². The number of allylic oxidation sites excluding steroid dienone is 4. The van der Waals surface area contributed by atoms with Crippen molar-refractivity contribution in [2.75, 3.05) is 0 Å². The third kappa shape index (κ3) is 2.91. The quantitative estimate of drug-likeness (QED) is 0.296. The van der Waals surface area contributed by atoms with E-state index in [9.17, 15) is 0 Å². The number of hydrogen-bond donors (Lipinski definition) is 0. The molecule has 0 unspecified atom stereocenters. The maximum absolute atomic E-state index is 5.13. The maximum Gasteiger partial charge on any atom is 0.0748 e. The third-order valence-corrected chi connectivity index (χ3v) is 8.13. The zero-order valence-corrected chi connectivity index (χ0v) is 20.4. The van der Waals surface area contributed by atoms with Crippen molar-refractivity contribution in [3.63, 3.8) is 0 Å². The standard InChI is InChI=1S/C34H27N/c1-20-17-30-33-31(35-34(30)22(20)3)18-21(2)28(32(33)23-11-5-4-6-12-23)19-29-26-15-9-7-13-24(26)25-14-8-10-16-27(25)29/h4-18,29H,19H2,1-3H3. The Morgan fingerprint density at radius 2 is 1.34 bits per heavy atom. The van der Waals surface area contributed by atoms with Crippen molar-refractivity contribution >= 4 is 17.0 Å². The molecule has 1 nitrogen and oxygen atoms in total. The number of fused-ring (bicyclic) bond motifs is 6. The molecule has 0 radical (unpaired) electrons. The molecule has 0 saturated heterocycles. The van der Waals surface area contributed by atoms with Crippen molar-refractivity contribution in [3.05, 3.63) is 130 Å². The number of aryl methyl sites for hydroxylation is 1. The Bertz CT molecular complexity index is 1580. The molecule has 4 aromatic rings. The van der Waals surface area contributed by atoms with E-state index in [2.05, 4.69) is 112 Å². The smallest absolute Gasteiger partial charge is 0.0748 e. The highest BCUT2D eigenvalue weighted by Crippen LogP contribution is 2.51. The molecule has 4 aromatic carbocycles. The first-order valence-electron chi connectivity index (χ1n) is 12.5. The van der Waals surface area contributed by atoms with Gasteiger partial charge in [0.25, 0.3) is 0 Å². The van der Waals surface area contributed by atoms with Crippen LogP contribution in [0.25, 0.3) is 27.8 Å². The van der Waals surface area contributed by atoms with Gasteiger partial charge in [0, 0.05) is 17.1 Å². The number of hydrogen-bond acceptors (Lipinski definition) is 1. The third-order valence-electron chi connectivity index (χ3n) is 8.13. The maximum atomic E-state index is 5.13. The molecule has 0 aromatic heterocycles. The van der Waals surface area contributed by atoms with Crippen molar-refractivity contribution in [3.8, 4) is 22.3 Å². The van der Waals surface area contributed by atoms with Gasteiger partial charge in [-0.1, -0.05) is 78.9 Å². The monoisotopic (exact) mass is 449 g/mol. The van der Waals surface area contributed by atoms with E-state index in [1.54, 1.807) is 0 Å². The molecule has 0 fully saturated rings. The van der Waals surface area contributed by atoms with Crippen LogP contribution in [0.4, 0.5) is 5.69 Å². The van der Waals surface area contributed by atoms with Crippen LogP contribution in [-0.2, 0) is 6.42 Å². The predicted molar refractivity (Wildman–Crippen MR) is 147 cm³/mol. The van der Waals surface area contributed by atoms with E-state index in [0.717, 1.165) is 17.8 Å². The second kappa shape index (κ2) is 7.52. The minimum Gasteiger partial charge on any atom is -0.247 e. The van der Waals surface area contributed by atoms with Gasteiger partial charge < -0.3 is 0 Å². The molecule has 0 amide bonds. The first-order valence-corrected chi connectivity index (χ1v) is 12.5. The van der Waals surface area contributed by atoms with Gasteiger partial charge in [-0.25, -0.2) is 4.99 Å². The Hall–Kier alpha value is -3.97. The summed E-state index contributed by atoms with van der Waals surface area (Å²) in [5, 5.41) is 0. The fourth-order valence-corrected chi connectivity index (χ4v) is 6.31. The first kappa shape index (κ1) is 20.4. The van der Waals surface area contributed by atoms with Crippen LogP contribution in [0.2, 0.25) is 0 Å². The average Bonchev–Trinajstić information content (AvgIpc) is 3.49. The molecule has 1 heteroatoms. The summed E-state index contributed by atoms with van der Waals surface area (Å²) in [6.45, 7) is 6.67.